The lowest BCUT2D eigenvalue weighted by molar-refractivity contribution is -0.384. The van der Waals surface area contributed by atoms with Crippen molar-refractivity contribution in [3.8, 4) is 5.75 Å². The fraction of sp³-hybridized carbons (Fsp3) is 0.421. The summed E-state index contributed by atoms with van der Waals surface area (Å²) in [5.74, 6) is 0.278. The highest BCUT2D eigenvalue weighted by Crippen LogP contribution is 2.36. The lowest BCUT2D eigenvalue weighted by Crippen LogP contribution is -2.43. The number of fused-ring (bicyclic) bond motifs is 2. The van der Waals surface area contributed by atoms with Gasteiger partial charge in [-0.15, -0.1) is 11.3 Å². The molecule has 4 rings (SSSR count). The number of halogens is 1. The summed E-state index contributed by atoms with van der Waals surface area (Å²) in [5, 5.41) is 13.8. The molecule has 2 aliphatic rings. The Bertz CT molecular complexity index is 887. The summed E-state index contributed by atoms with van der Waals surface area (Å²) in [7, 11) is 2.20. The van der Waals surface area contributed by atoms with Crippen molar-refractivity contribution in [2.75, 3.05) is 12.4 Å². The maximum Gasteiger partial charge on any atom is 0.294 e. The van der Waals surface area contributed by atoms with E-state index in [4.69, 9.17) is 4.74 Å². The number of ether oxygens (including phenoxy) is 1. The van der Waals surface area contributed by atoms with Crippen LogP contribution in [0.4, 0.5) is 11.4 Å². The van der Waals surface area contributed by atoms with E-state index in [9.17, 15) is 14.9 Å². The largest absolute Gasteiger partial charge is 0.490 e. The second kappa shape index (κ2) is 7.81. The number of nitro groups is 1. The van der Waals surface area contributed by atoms with E-state index < -0.39 is 10.8 Å². The maximum atomic E-state index is 12.4. The van der Waals surface area contributed by atoms with Crippen LogP contribution < -0.4 is 10.1 Å². The van der Waals surface area contributed by atoms with Crippen molar-refractivity contribution < 1.29 is 14.5 Å². The summed E-state index contributed by atoms with van der Waals surface area (Å²) in [5.41, 5.74) is 0.367. The summed E-state index contributed by atoms with van der Waals surface area (Å²) in [4.78, 5) is 25.5. The monoisotopic (exact) mass is 465 g/mol. The van der Waals surface area contributed by atoms with Crippen LogP contribution in [0.2, 0.25) is 0 Å². The highest BCUT2D eigenvalue weighted by molar-refractivity contribution is 9.11. The standard InChI is InChI=1S/C19H20BrN3O4S/c1-22-12-4-5-13(22)9-15(8-12)27-14-6-2-11(3-7-14)21-19(24)18-16(23(25)26)10-17(20)28-18/h2-3,6-7,10,12-13,15H,4-5,8-9H2,1H3,(H,21,24)/t12-,13+,15?. The van der Waals surface area contributed by atoms with E-state index in [1.54, 1.807) is 12.1 Å². The highest BCUT2D eigenvalue weighted by Gasteiger charge is 2.39. The van der Waals surface area contributed by atoms with Crippen LogP contribution in [0, 0.1) is 10.1 Å². The normalized spacial score (nSPS) is 24.1. The van der Waals surface area contributed by atoms with Gasteiger partial charge in [-0.25, -0.2) is 0 Å². The van der Waals surface area contributed by atoms with Gasteiger partial charge >= 0.3 is 0 Å². The Balaban J connectivity index is 1.39. The minimum atomic E-state index is -0.554. The molecule has 2 bridgehead atoms. The summed E-state index contributed by atoms with van der Waals surface area (Å²) in [6, 6.07) is 9.73. The number of amides is 1. The van der Waals surface area contributed by atoms with Crippen LogP contribution in [0.15, 0.2) is 34.1 Å². The van der Waals surface area contributed by atoms with Crippen molar-refractivity contribution >= 4 is 44.5 Å². The molecule has 28 heavy (non-hydrogen) atoms. The first-order chi connectivity index (χ1) is 13.4. The van der Waals surface area contributed by atoms with Gasteiger partial charge in [0.15, 0.2) is 4.88 Å². The van der Waals surface area contributed by atoms with Crippen LogP contribution in [-0.4, -0.2) is 41.0 Å². The van der Waals surface area contributed by atoms with E-state index in [2.05, 4.69) is 33.2 Å². The first kappa shape index (κ1) is 19.4. The number of nitrogens with one attached hydrogen (secondary N) is 1. The molecule has 0 spiro atoms. The molecule has 2 aliphatic heterocycles. The Kier molecular flexibility index (Phi) is 5.39. The molecule has 0 aliphatic carbocycles. The molecule has 1 amide bonds. The molecule has 9 heteroatoms. The summed E-state index contributed by atoms with van der Waals surface area (Å²) >= 11 is 4.23. The number of hydrogen-bond donors (Lipinski definition) is 1. The van der Waals surface area contributed by atoms with Crippen molar-refractivity contribution in [1.82, 2.24) is 4.90 Å². The van der Waals surface area contributed by atoms with Gasteiger partial charge in [-0.2, -0.15) is 0 Å². The maximum absolute atomic E-state index is 12.4. The van der Waals surface area contributed by atoms with Gasteiger partial charge in [0.1, 0.15) is 11.9 Å². The fourth-order valence-corrected chi connectivity index (χ4v) is 5.56. The second-order valence-electron chi connectivity index (χ2n) is 7.26. The summed E-state index contributed by atoms with van der Waals surface area (Å²) in [6.45, 7) is 0. The number of nitrogens with zero attached hydrogens (tertiary/aromatic N) is 2. The molecule has 148 valence electrons. The van der Waals surface area contributed by atoms with E-state index >= 15 is 0 Å². The number of piperidine rings is 1. The third-order valence-corrected chi connectivity index (χ3v) is 7.18. The summed E-state index contributed by atoms with van der Waals surface area (Å²) in [6.07, 6.45) is 4.80. The SMILES string of the molecule is CN1[C@@H]2CC[C@H]1CC(Oc1ccc(NC(=O)c3sc(Br)cc3[N+](=O)[O-])cc1)C2. The quantitative estimate of drug-likeness (QED) is 0.511. The van der Waals surface area contributed by atoms with E-state index in [1.807, 2.05) is 12.1 Å². The van der Waals surface area contributed by atoms with Gasteiger partial charge in [-0.3, -0.25) is 14.9 Å². The first-order valence-electron chi connectivity index (χ1n) is 9.14. The molecule has 0 saturated carbocycles. The Morgan fingerprint density at radius 1 is 1.29 bits per heavy atom. The Morgan fingerprint density at radius 2 is 1.93 bits per heavy atom. The molecule has 2 aromatic rings. The fourth-order valence-electron chi connectivity index (χ4n) is 4.11. The van der Waals surface area contributed by atoms with E-state index in [0.29, 0.717) is 21.6 Å². The van der Waals surface area contributed by atoms with Crippen LogP contribution >= 0.6 is 27.3 Å². The number of thiophene rings is 1. The third-order valence-electron chi connectivity index (χ3n) is 5.56. The van der Waals surface area contributed by atoms with E-state index in [0.717, 1.165) is 29.9 Å². The Hall–Kier alpha value is -1.97. The van der Waals surface area contributed by atoms with E-state index in [-0.39, 0.29) is 16.7 Å². The van der Waals surface area contributed by atoms with Gasteiger partial charge in [-0.05, 0) is 72.9 Å². The minimum absolute atomic E-state index is 0.0685. The van der Waals surface area contributed by atoms with Crippen LogP contribution in [0.3, 0.4) is 0 Å². The van der Waals surface area contributed by atoms with Crippen molar-refractivity contribution in [2.45, 2.75) is 43.9 Å². The van der Waals surface area contributed by atoms with Gasteiger partial charge in [-0.1, -0.05) is 0 Å². The second-order valence-corrected chi connectivity index (χ2v) is 9.69. The van der Waals surface area contributed by atoms with Crippen LogP contribution in [0.5, 0.6) is 5.75 Å². The number of benzene rings is 1. The molecular formula is C19H20BrN3O4S. The zero-order chi connectivity index (χ0) is 19.8. The van der Waals surface area contributed by atoms with E-state index in [1.165, 1.54) is 18.9 Å². The molecular weight excluding hydrogens is 446 g/mol. The number of rotatable bonds is 5. The van der Waals surface area contributed by atoms with Crippen molar-refractivity contribution in [3.63, 3.8) is 0 Å². The van der Waals surface area contributed by atoms with Gasteiger partial charge < -0.3 is 15.0 Å². The predicted molar refractivity (Wildman–Crippen MR) is 111 cm³/mol. The number of carbonyl (C=O) groups excluding carboxylic acids is 1. The van der Waals surface area contributed by atoms with Gasteiger partial charge in [0, 0.05) is 23.8 Å². The van der Waals surface area contributed by atoms with Crippen LogP contribution in [0.25, 0.3) is 0 Å². The molecule has 1 aromatic carbocycles. The lowest BCUT2D eigenvalue weighted by atomic mass is 10.0. The molecule has 2 fully saturated rings. The molecule has 0 radical (unpaired) electrons. The lowest BCUT2D eigenvalue weighted by Gasteiger charge is -2.36. The number of hydrogen-bond acceptors (Lipinski definition) is 6. The van der Waals surface area contributed by atoms with Crippen LogP contribution in [-0.2, 0) is 0 Å². The van der Waals surface area contributed by atoms with Gasteiger partial charge in [0.2, 0.25) is 0 Å². The molecule has 2 saturated heterocycles. The minimum Gasteiger partial charge on any atom is -0.490 e. The van der Waals surface area contributed by atoms with Crippen molar-refractivity contribution in [1.29, 1.82) is 0 Å². The van der Waals surface area contributed by atoms with Gasteiger partial charge in [0.25, 0.3) is 11.6 Å². The third kappa shape index (κ3) is 3.92. The van der Waals surface area contributed by atoms with Crippen molar-refractivity contribution in [2.24, 2.45) is 0 Å². The Morgan fingerprint density at radius 3 is 2.54 bits per heavy atom. The number of anilines is 1. The molecule has 1 aromatic heterocycles. The summed E-state index contributed by atoms with van der Waals surface area (Å²) < 4.78 is 6.69. The molecule has 3 heterocycles. The Labute approximate surface area is 175 Å². The zero-order valence-corrected chi connectivity index (χ0v) is 17.7. The molecule has 7 nitrogen and oxygen atoms in total. The average molecular weight is 466 g/mol. The van der Waals surface area contributed by atoms with Crippen molar-refractivity contribution in [3.05, 3.63) is 49.1 Å². The topological polar surface area (TPSA) is 84.7 Å². The first-order valence-corrected chi connectivity index (χ1v) is 10.8. The average Bonchev–Trinajstić information content (AvgIpc) is 3.13. The molecule has 1 N–H and O–H groups in total. The zero-order valence-electron chi connectivity index (χ0n) is 15.3. The smallest absolute Gasteiger partial charge is 0.294 e. The molecule has 1 unspecified atom stereocenters. The highest BCUT2D eigenvalue weighted by atomic mass is 79.9. The predicted octanol–water partition coefficient (Wildman–Crippen LogP) is 4.68. The number of carbonyl (C=O) groups is 1. The van der Waals surface area contributed by atoms with Crippen LogP contribution in [0.1, 0.15) is 35.4 Å². The van der Waals surface area contributed by atoms with Gasteiger partial charge in [0.05, 0.1) is 8.71 Å². The molecule has 3 atom stereocenters.